The van der Waals surface area contributed by atoms with Crippen LogP contribution in [0.2, 0.25) is 0 Å². The normalized spacial score (nSPS) is 24.4. The summed E-state index contributed by atoms with van der Waals surface area (Å²) in [5.41, 5.74) is 0.880. The summed E-state index contributed by atoms with van der Waals surface area (Å²) >= 11 is 3.48. The molecule has 1 saturated heterocycles. The maximum absolute atomic E-state index is 12.0. The van der Waals surface area contributed by atoms with Crippen LogP contribution in [-0.2, 0) is 4.74 Å². The van der Waals surface area contributed by atoms with E-state index in [1.807, 2.05) is 27.8 Å². The highest BCUT2D eigenvalue weighted by molar-refractivity contribution is 14.0. The number of alkyl carbamates (subject to hydrolysis) is 1. The Balaban J connectivity index is 0.00000280. The third-order valence-corrected chi connectivity index (χ3v) is 5.35. The molecule has 1 aromatic carbocycles. The molecule has 2 N–H and O–H groups in total. The van der Waals surface area contributed by atoms with E-state index in [4.69, 9.17) is 4.74 Å². The first-order chi connectivity index (χ1) is 12.7. The molecule has 6 nitrogen and oxygen atoms in total. The molecule has 1 heterocycles. The molecule has 3 atom stereocenters. The van der Waals surface area contributed by atoms with Gasteiger partial charge in [0.25, 0.3) is 0 Å². The minimum absolute atomic E-state index is 0. The van der Waals surface area contributed by atoms with Gasteiger partial charge in [0, 0.05) is 36.6 Å². The molecule has 3 rings (SSSR count). The van der Waals surface area contributed by atoms with Gasteiger partial charge in [0.05, 0.1) is 6.04 Å². The molecule has 1 aliphatic carbocycles. The van der Waals surface area contributed by atoms with Gasteiger partial charge in [-0.1, -0.05) is 28.1 Å². The third kappa shape index (κ3) is 6.50. The summed E-state index contributed by atoms with van der Waals surface area (Å²) in [5.74, 6) is 1.45. The van der Waals surface area contributed by atoms with Crippen LogP contribution in [0.15, 0.2) is 33.7 Å². The second-order valence-corrected chi connectivity index (χ2v) is 9.19. The quantitative estimate of drug-likeness (QED) is 0.330. The number of ether oxygens (including phenoxy) is 1. The van der Waals surface area contributed by atoms with E-state index in [1.54, 1.807) is 0 Å². The van der Waals surface area contributed by atoms with Gasteiger partial charge >= 0.3 is 6.09 Å². The van der Waals surface area contributed by atoms with Crippen LogP contribution in [0.5, 0.6) is 0 Å². The van der Waals surface area contributed by atoms with Crippen molar-refractivity contribution in [2.45, 2.75) is 57.2 Å². The molecule has 1 aliphatic heterocycles. The van der Waals surface area contributed by atoms with Crippen molar-refractivity contribution in [3.05, 3.63) is 34.3 Å². The molecule has 2 aliphatic rings. The Hall–Kier alpha value is -1.03. The van der Waals surface area contributed by atoms with Gasteiger partial charge in [-0.2, -0.15) is 0 Å². The molecule has 156 valence electrons. The Bertz CT molecular complexity index is 705. The van der Waals surface area contributed by atoms with Crippen LogP contribution in [0.3, 0.4) is 0 Å². The van der Waals surface area contributed by atoms with Crippen LogP contribution >= 0.6 is 39.9 Å². The van der Waals surface area contributed by atoms with E-state index >= 15 is 0 Å². The zero-order valence-corrected chi connectivity index (χ0v) is 20.8. The van der Waals surface area contributed by atoms with Crippen molar-refractivity contribution < 1.29 is 9.53 Å². The number of carbonyl (C=O) groups excluding carboxylic acids is 1. The van der Waals surface area contributed by atoms with Gasteiger partial charge in [0.2, 0.25) is 0 Å². The van der Waals surface area contributed by atoms with E-state index in [2.05, 4.69) is 60.7 Å². The average molecular weight is 565 g/mol. The van der Waals surface area contributed by atoms with Crippen LogP contribution in [0, 0.1) is 0 Å². The maximum Gasteiger partial charge on any atom is 0.407 e. The van der Waals surface area contributed by atoms with Crippen molar-refractivity contribution in [1.82, 2.24) is 15.5 Å². The number of likely N-dealkylation sites (tertiary alicyclic amines) is 1. The largest absolute Gasteiger partial charge is 0.444 e. The number of hydrogen-bond donors (Lipinski definition) is 2. The first kappa shape index (κ1) is 23.3. The number of guanidine groups is 1. The lowest BCUT2D eigenvalue weighted by molar-refractivity contribution is 0.0507. The topological polar surface area (TPSA) is 66.0 Å². The molecule has 0 spiro atoms. The van der Waals surface area contributed by atoms with Crippen LogP contribution in [0.1, 0.15) is 45.1 Å². The molecule has 0 aromatic heterocycles. The molecule has 8 heteroatoms. The highest BCUT2D eigenvalue weighted by Crippen LogP contribution is 2.41. The fourth-order valence-electron chi connectivity index (χ4n) is 3.44. The minimum atomic E-state index is -0.478. The van der Waals surface area contributed by atoms with Crippen LogP contribution in [0.4, 0.5) is 4.79 Å². The highest BCUT2D eigenvalue weighted by atomic mass is 127. The zero-order chi connectivity index (χ0) is 19.6. The molecule has 2 fully saturated rings. The Morgan fingerprint density at radius 3 is 2.54 bits per heavy atom. The van der Waals surface area contributed by atoms with Crippen LogP contribution < -0.4 is 10.6 Å². The number of hydrogen-bond acceptors (Lipinski definition) is 3. The molecule has 1 amide bonds. The van der Waals surface area contributed by atoms with Crippen molar-refractivity contribution in [1.29, 1.82) is 0 Å². The standard InChI is InChI=1S/C20H29BrN4O2.HI/c1-20(2,3)27-19(26)23-15-9-10-25(12-15)18(22-4)24-17-11-16(17)13-5-7-14(21)8-6-13;/h5-8,15-17H,9-12H2,1-4H3,(H,22,24)(H,23,26);1H. The molecule has 0 radical (unpaired) electrons. The second-order valence-electron chi connectivity index (χ2n) is 8.27. The van der Waals surface area contributed by atoms with Crippen LogP contribution in [-0.4, -0.2) is 54.8 Å². The fraction of sp³-hybridized carbons (Fsp3) is 0.600. The molecule has 1 aromatic rings. The summed E-state index contributed by atoms with van der Waals surface area (Å²) in [6.07, 6.45) is 1.66. The van der Waals surface area contributed by atoms with Gasteiger partial charge < -0.3 is 20.3 Å². The summed E-state index contributed by atoms with van der Waals surface area (Å²) < 4.78 is 6.45. The van der Waals surface area contributed by atoms with E-state index in [9.17, 15) is 4.79 Å². The van der Waals surface area contributed by atoms with Crippen molar-refractivity contribution >= 4 is 52.0 Å². The smallest absolute Gasteiger partial charge is 0.407 e. The molecule has 28 heavy (non-hydrogen) atoms. The predicted molar refractivity (Wildman–Crippen MR) is 127 cm³/mol. The van der Waals surface area contributed by atoms with Crippen LogP contribution in [0.25, 0.3) is 0 Å². The Morgan fingerprint density at radius 2 is 1.93 bits per heavy atom. The highest BCUT2D eigenvalue weighted by Gasteiger charge is 2.40. The van der Waals surface area contributed by atoms with E-state index in [0.29, 0.717) is 12.0 Å². The summed E-state index contributed by atoms with van der Waals surface area (Å²) in [6.45, 7) is 7.23. The van der Waals surface area contributed by atoms with Crippen molar-refractivity contribution in [3.63, 3.8) is 0 Å². The second kappa shape index (κ2) is 9.65. The number of carbonyl (C=O) groups is 1. The summed E-state index contributed by atoms with van der Waals surface area (Å²) in [7, 11) is 1.81. The SMILES string of the molecule is CN=C(NC1CC1c1ccc(Br)cc1)N1CCC(NC(=O)OC(C)(C)C)C1.I. The maximum atomic E-state index is 12.0. The number of aliphatic imine (C=N–C) groups is 1. The molecular weight excluding hydrogens is 535 g/mol. The molecule has 3 unspecified atom stereocenters. The van der Waals surface area contributed by atoms with Gasteiger partial charge in [-0.25, -0.2) is 4.79 Å². The lowest BCUT2D eigenvalue weighted by atomic mass is 10.1. The Labute approximate surface area is 193 Å². The minimum Gasteiger partial charge on any atom is -0.444 e. The zero-order valence-electron chi connectivity index (χ0n) is 16.9. The number of amides is 1. The van der Waals surface area contributed by atoms with Gasteiger partial charge in [-0.05, 0) is 51.3 Å². The van der Waals surface area contributed by atoms with E-state index in [0.717, 1.165) is 36.4 Å². The predicted octanol–water partition coefficient (Wildman–Crippen LogP) is 4.10. The summed E-state index contributed by atoms with van der Waals surface area (Å²) in [5, 5.41) is 6.54. The summed E-state index contributed by atoms with van der Waals surface area (Å²) in [6, 6.07) is 9.04. The lowest BCUT2D eigenvalue weighted by Gasteiger charge is -2.23. The van der Waals surface area contributed by atoms with E-state index in [1.165, 1.54) is 5.56 Å². The van der Waals surface area contributed by atoms with Gasteiger partial charge in [0.1, 0.15) is 5.60 Å². The van der Waals surface area contributed by atoms with Gasteiger partial charge in [-0.3, -0.25) is 4.99 Å². The fourth-order valence-corrected chi connectivity index (χ4v) is 3.70. The molecule has 0 bridgehead atoms. The van der Waals surface area contributed by atoms with Crippen molar-refractivity contribution in [3.8, 4) is 0 Å². The van der Waals surface area contributed by atoms with Crippen molar-refractivity contribution in [2.75, 3.05) is 20.1 Å². The van der Waals surface area contributed by atoms with Crippen molar-refractivity contribution in [2.24, 2.45) is 4.99 Å². The number of benzene rings is 1. The van der Waals surface area contributed by atoms with E-state index in [-0.39, 0.29) is 36.1 Å². The van der Waals surface area contributed by atoms with E-state index < -0.39 is 5.60 Å². The monoisotopic (exact) mass is 564 g/mol. The average Bonchev–Trinajstić information content (AvgIpc) is 3.20. The molecular formula is C20H30BrIN4O2. The summed E-state index contributed by atoms with van der Waals surface area (Å²) in [4.78, 5) is 18.6. The first-order valence-corrected chi connectivity index (χ1v) is 10.3. The first-order valence-electron chi connectivity index (χ1n) is 9.48. The third-order valence-electron chi connectivity index (χ3n) is 4.82. The Kier molecular flexibility index (Phi) is 8.01. The Morgan fingerprint density at radius 1 is 1.25 bits per heavy atom. The molecule has 1 saturated carbocycles. The number of rotatable bonds is 3. The number of nitrogens with one attached hydrogen (secondary N) is 2. The lowest BCUT2D eigenvalue weighted by Crippen LogP contribution is -2.44. The number of halogens is 2. The van der Waals surface area contributed by atoms with Gasteiger partial charge in [0.15, 0.2) is 5.96 Å². The van der Waals surface area contributed by atoms with Gasteiger partial charge in [-0.15, -0.1) is 24.0 Å². The number of nitrogens with zero attached hydrogens (tertiary/aromatic N) is 2.